The summed E-state index contributed by atoms with van der Waals surface area (Å²) in [5.74, 6) is 0.0334. The number of nitrogens with zero attached hydrogens (tertiary/aromatic N) is 2. The predicted molar refractivity (Wildman–Crippen MR) is 162 cm³/mol. The number of ether oxygens (including phenoxy) is 2. The van der Waals surface area contributed by atoms with E-state index in [1.165, 1.54) is 0 Å². The van der Waals surface area contributed by atoms with Crippen LogP contribution in [0, 0.1) is 23.7 Å². The molecule has 256 valence electrons. The van der Waals surface area contributed by atoms with E-state index in [2.05, 4.69) is 20.9 Å². The average molecular weight is 634 g/mol. The molecule has 0 aromatic heterocycles. The van der Waals surface area contributed by atoms with Crippen molar-refractivity contribution in [1.82, 2.24) is 25.8 Å². The van der Waals surface area contributed by atoms with E-state index in [0.29, 0.717) is 44.5 Å². The van der Waals surface area contributed by atoms with Crippen molar-refractivity contribution in [3.63, 3.8) is 0 Å². The van der Waals surface area contributed by atoms with Crippen molar-refractivity contribution in [3.8, 4) is 0 Å². The fraction of sp³-hybridized carbons (Fsp3) is 0.968. The van der Waals surface area contributed by atoms with Crippen molar-refractivity contribution in [2.24, 2.45) is 23.7 Å². The molecular formula is C31H57F2N5O6. The van der Waals surface area contributed by atoms with Crippen LogP contribution in [0.2, 0.25) is 0 Å². The van der Waals surface area contributed by atoms with Gasteiger partial charge in [-0.05, 0) is 43.9 Å². The summed E-state index contributed by atoms with van der Waals surface area (Å²) in [5.41, 5.74) is -1.17. The number of carbonyl (C=O) groups is 1. The Morgan fingerprint density at radius 2 is 1.59 bits per heavy atom. The first kappa shape index (κ1) is 35.8. The molecule has 1 aliphatic carbocycles. The molecule has 4 rings (SSSR count). The van der Waals surface area contributed by atoms with Crippen molar-refractivity contribution < 1.29 is 38.4 Å². The Morgan fingerprint density at radius 3 is 2.20 bits per heavy atom. The molecule has 6 N–H and O–H groups in total. The molecule has 11 nitrogen and oxygen atoms in total. The van der Waals surface area contributed by atoms with Crippen LogP contribution < -0.4 is 16.0 Å². The number of rotatable bonds is 16. The molecule has 4 fully saturated rings. The Balaban J connectivity index is 1.08. The average Bonchev–Trinajstić information content (AvgIpc) is 3.52. The number of nitrogens with one attached hydrogen (secondary N) is 3. The molecule has 1 saturated carbocycles. The molecular weight excluding hydrogens is 576 g/mol. The number of alkyl halides is 2. The lowest BCUT2D eigenvalue weighted by Gasteiger charge is -2.41. The zero-order chi connectivity index (χ0) is 31.5. The standard InChI is InChI=1S/C31H57F2N5O6/c1-43-18-24-14-34-30(35-15-24)37-7-4-22(5-8-37)3-2-10-44-25-11-27(32)26(28(33)12-25)13-29(42)38-9-6-23(17-38)16-36-31(19-39,20-40)21-41/h22-28,30,34-36,39-41H,2-21H2,1H3/t23-,24?,25?,26?,27?,28?,30?/m0/s1. The van der Waals surface area contributed by atoms with E-state index in [9.17, 15) is 20.1 Å². The van der Waals surface area contributed by atoms with Gasteiger partial charge in [0.25, 0.3) is 0 Å². The van der Waals surface area contributed by atoms with E-state index in [-0.39, 0.29) is 37.4 Å². The van der Waals surface area contributed by atoms with Crippen LogP contribution in [0.25, 0.3) is 0 Å². The number of aliphatic hydroxyl groups is 3. The zero-order valence-electron chi connectivity index (χ0n) is 26.5. The Labute approximate surface area is 261 Å². The fourth-order valence-electron chi connectivity index (χ4n) is 7.24. The van der Waals surface area contributed by atoms with Gasteiger partial charge in [0.05, 0.1) is 38.1 Å². The van der Waals surface area contributed by atoms with E-state index in [1.54, 1.807) is 12.0 Å². The molecule has 44 heavy (non-hydrogen) atoms. The fourth-order valence-corrected chi connectivity index (χ4v) is 7.24. The van der Waals surface area contributed by atoms with Gasteiger partial charge in [-0.25, -0.2) is 8.78 Å². The molecule has 3 aliphatic heterocycles. The van der Waals surface area contributed by atoms with Crippen molar-refractivity contribution in [1.29, 1.82) is 0 Å². The number of hydrogen-bond acceptors (Lipinski definition) is 10. The largest absolute Gasteiger partial charge is 0.394 e. The van der Waals surface area contributed by atoms with Crippen LogP contribution in [0.15, 0.2) is 0 Å². The molecule has 3 atom stereocenters. The molecule has 0 bridgehead atoms. The normalized spacial score (nSPS) is 32.8. The van der Waals surface area contributed by atoms with E-state index < -0.39 is 49.7 Å². The third-order valence-electron chi connectivity index (χ3n) is 10.4. The van der Waals surface area contributed by atoms with Gasteiger partial charge in [-0.1, -0.05) is 0 Å². The molecule has 13 heteroatoms. The summed E-state index contributed by atoms with van der Waals surface area (Å²) in [5, 5.41) is 38.6. The first-order chi connectivity index (χ1) is 21.3. The van der Waals surface area contributed by atoms with Gasteiger partial charge >= 0.3 is 0 Å². The molecule has 0 aromatic carbocycles. The predicted octanol–water partition coefficient (Wildman–Crippen LogP) is 0.233. The van der Waals surface area contributed by atoms with Gasteiger partial charge in [-0.15, -0.1) is 0 Å². The van der Waals surface area contributed by atoms with E-state index in [0.717, 1.165) is 58.5 Å². The second kappa shape index (κ2) is 17.8. The number of amides is 1. The highest BCUT2D eigenvalue weighted by molar-refractivity contribution is 5.77. The van der Waals surface area contributed by atoms with Crippen molar-refractivity contribution in [3.05, 3.63) is 0 Å². The van der Waals surface area contributed by atoms with Gasteiger partial charge in [-0.2, -0.15) is 0 Å². The van der Waals surface area contributed by atoms with Crippen LogP contribution in [-0.4, -0.2) is 147 Å². The van der Waals surface area contributed by atoms with E-state index in [4.69, 9.17) is 9.47 Å². The third kappa shape index (κ3) is 9.98. The quantitative estimate of drug-likeness (QED) is 0.131. The Bertz CT molecular complexity index is 824. The SMILES string of the molecule is COCC1CNC(N2CCC(CCCOC3CC(F)C(CC(=O)N4CC[C@@H](CNC(CO)(CO)CO)C4)C(F)C3)CC2)NC1. The zero-order valence-corrected chi connectivity index (χ0v) is 26.5. The smallest absolute Gasteiger partial charge is 0.223 e. The number of likely N-dealkylation sites (tertiary alicyclic amines) is 2. The number of hydrogen-bond donors (Lipinski definition) is 6. The van der Waals surface area contributed by atoms with Gasteiger partial charge in [0.1, 0.15) is 18.6 Å². The maximum Gasteiger partial charge on any atom is 0.223 e. The highest BCUT2D eigenvalue weighted by atomic mass is 19.1. The minimum atomic E-state index is -1.41. The van der Waals surface area contributed by atoms with Gasteiger partial charge in [0.15, 0.2) is 0 Å². The summed E-state index contributed by atoms with van der Waals surface area (Å²) >= 11 is 0. The molecule has 0 aromatic rings. The van der Waals surface area contributed by atoms with E-state index in [1.807, 2.05) is 0 Å². The van der Waals surface area contributed by atoms with Crippen LogP contribution in [0.5, 0.6) is 0 Å². The summed E-state index contributed by atoms with van der Waals surface area (Å²) in [6, 6.07) is 0. The third-order valence-corrected chi connectivity index (χ3v) is 10.4. The highest BCUT2D eigenvalue weighted by Gasteiger charge is 2.41. The van der Waals surface area contributed by atoms with Crippen LogP contribution >= 0.6 is 0 Å². The molecule has 3 saturated heterocycles. The summed E-state index contributed by atoms with van der Waals surface area (Å²) in [7, 11) is 1.74. The maximum absolute atomic E-state index is 15.1. The topological polar surface area (TPSA) is 139 Å². The number of aliphatic hydroxyl groups excluding tert-OH is 3. The summed E-state index contributed by atoms with van der Waals surface area (Å²) < 4.78 is 41.4. The number of methoxy groups -OCH3 is 1. The second-order valence-electron chi connectivity index (χ2n) is 13.7. The lowest BCUT2D eigenvalue weighted by atomic mass is 9.81. The Hall–Kier alpha value is -1.03. The number of piperidine rings is 1. The second-order valence-corrected chi connectivity index (χ2v) is 13.7. The minimum absolute atomic E-state index is 0.0715. The summed E-state index contributed by atoms with van der Waals surface area (Å²) in [4.78, 5) is 17.0. The van der Waals surface area contributed by atoms with Crippen LogP contribution in [0.4, 0.5) is 8.78 Å². The Morgan fingerprint density at radius 1 is 0.955 bits per heavy atom. The van der Waals surface area contributed by atoms with Crippen molar-refractivity contribution >= 4 is 5.91 Å². The summed E-state index contributed by atoms with van der Waals surface area (Å²) in [6.07, 6.45) is 1.99. The molecule has 4 aliphatic rings. The highest BCUT2D eigenvalue weighted by Crippen LogP contribution is 2.35. The maximum atomic E-state index is 15.1. The van der Waals surface area contributed by atoms with Gasteiger partial charge < -0.3 is 35.0 Å². The van der Waals surface area contributed by atoms with Gasteiger partial charge in [-0.3, -0.25) is 20.3 Å². The lowest BCUT2D eigenvalue weighted by Crippen LogP contribution is -2.62. The molecule has 2 unspecified atom stereocenters. The molecule has 0 spiro atoms. The molecule has 3 heterocycles. The van der Waals surface area contributed by atoms with Crippen LogP contribution in [0.1, 0.15) is 51.4 Å². The van der Waals surface area contributed by atoms with E-state index >= 15 is 8.78 Å². The first-order valence-corrected chi connectivity index (χ1v) is 16.7. The molecule has 0 radical (unpaired) electrons. The van der Waals surface area contributed by atoms with Crippen molar-refractivity contribution in [2.75, 3.05) is 86.0 Å². The number of halogens is 2. The first-order valence-electron chi connectivity index (χ1n) is 16.7. The summed E-state index contributed by atoms with van der Waals surface area (Å²) in [6.45, 7) is 5.42. The number of carbonyl (C=O) groups excluding carboxylic acids is 1. The monoisotopic (exact) mass is 633 g/mol. The lowest BCUT2D eigenvalue weighted by molar-refractivity contribution is -0.134. The van der Waals surface area contributed by atoms with Crippen molar-refractivity contribution in [2.45, 2.75) is 81.6 Å². The minimum Gasteiger partial charge on any atom is -0.394 e. The Kier molecular flexibility index (Phi) is 14.5. The van der Waals surface area contributed by atoms with Gasteiger partial charge in [0.2, 0.25) is 5.91 Å². The molecule has 1 amide bonds. The van der Waals surface area contributed by atoms with Crippen LogP contribution in [-0.2, 0) is 14.3 Å². The van der Waals surface area contributed by atoms with Gasteiger partial charge in [0, 0.05) is 90.6 Å². The van der Waals surface area contributed by atoms with Crippen LogP contribution in [0.3, 0.4) is 0 Å².